The molecule has 0 amide bonds. The monoisotopic (exact) mass is 300 g/mol. The van der Waals surface area contributed by atoms with Crippen LogP contribution >= 0.6 is 0 Å². The zero-order valence-electron chi connectivity index (χ0n) is 14.5. The Morgan fingerprint density at radius 3 is 1.71 bits per heavy atom. The molecule has 0 aromatic heterocycles. The maximum Gasteiger partial charge on any atom is 0.308 e. The number of hydrogen-bond donors (Lipinski definition) is 0. The third-order valence-corrected chi connectivity index (χ3v) is 4.08. The average Bonchev–Trinajstić information content (AvgIpc) is 2.51. The highest BCUT2D eigenvalue weighted by Crippen LogP contribution is 2.14. The van der Waals surface area contributed by atoms with Crippen LogP contribution in [0.1, 0.15) is 90.4 Å². The lowest BCUT2D eigenvalue weighted by Crippen LogP contribution is -2.17. The number of carbonyl (C=O) groups is 1. The summed E-state index contributed by atoms with van der Waals surface area (Å²) in [4.78, 5) is 11.2. The van der Waals surface area contributed by atoms with Crippen molar-refractivity contribution in [3.8, 4) is 0 Å². The molecule has 0 heterocycles. The lowest BCUT2D eigenvalue weighted by Gasteiger charge is -2.13. The summed E-state index contributed by atoms with van der Waals surface area (Å²) in [5.41, 5.74) is 0. The lowest BCUT2D eigenvalue weighted by molar-refractivity contribution is -0.143. The molecule has 0 radical (unpaired) electrons. The molecule has 0 aliphatic carbocycles. The number of ether oxygens (including phenoxy) is 2. The van der Waals surface area contributed by atoms with Gasteiger partial charge in [-0.2, -0.15) is 0 Å². The largest absolute Gasteiger partial charge is 0.469 e. The summed E-state index contributed by atoms with van der Waals surface area (Å²) in [6, 6.07) is 0. The van der Waals surface area contributed by atoms with Gasteiger partial charge in [0.05, 0.1) is 19.6 Å². The first kappa shape index (κ1) is 20.4. The fourth-order valence-corrected chi connectivity index (χ4v) is 2.61. The highest BCUT2D eigenvalue weighted by Gasteiger charge is 2.12. The molecule has 1 atom stereocenters. The summed E-state index contributed by atoms with van der Waals surface area (Å²) in [7, 11) is 3.10. The van der Waals surface area contributed by atoms with Crippen LogP contribution in [0.3, 0.4) is 0 Å². The van der Waals surface area contributed by atoms with Crippen molar-refractivity contribution in [1.29, 1.82) is 0 Å². The van der Waals surface area contributed by atoms with Crippen molar-refractivity contribution >= 4 is 5.97 Å². The van der Waals surface area contributed by atoms with Gasteiger partial charge < -0.3 is 9.47 Å². The molecule has 21 heavy (non-hydrogen) atoms. The van der Waals surface area contributed by atoms with Crippen molar-refractivity contribution in [2.45, 2.75) is 96.5 Å². The fourth-order valence-electron chi connectivity index (χ4n) is 2.61. The van der Waals surface area contributed by atoms with E-state index >= 15 is 0 Å². The van der Waals surface area contributed by atoms with Gasteiger partial charge in [-0.3, -0.25) is 4.79 Å². The van der Waals surface area contributed by atoms with Crippen LogP contribution in [0.2, 0.25) is 0 Å². The van der Waals surface area contributed by atoms with Crippen LogP contribution < -0.4 is 0 Å². The van der Waals surface area contributed by atoms with Gasteiger partial charge in [-0.05, 0) is 6.42 Å². The normalized spacial score (nSPS) is 12.3. The highest BCUT2D eigenvalue weighted by molar-refractivity contribution is 5.69. The maximum absolute atomic E-state index is 11.2. The minimum absolute atomic E-state index is 0.0241. The van der Waals surface area contributed by atoms with E-state index in [9.17, 15) is 4.79 Å². The number of rotatable bonds is 15. The Morgan fingerprint density at radius 2 is 1.29 bits per heavy atom. The Labute approximate surface area is 131 Å². The predicted molar refractivity (Wildman–Crippen MR) is 88.5 cm³/mol. The molecule has 3 heteroatoms. The van der Waals surface area contributed by atoms with E-state index in [1.54, 1.807) is 7.11 Å². The SMILES string of the molecule is CCCCCCCCCCCCCC(CC(=O)OC)OC. The summed E-state index contributed by atoms with van der Waals surface area (Å²) in [6.07, 6.45) is 16.1. The summed E-state index contributed by atoms with van der Waals surface area (Å²) >= 11 is 0. The van der Waals surface area contributed by atoms with Crippen molar-refractivity contribution in [2.24, 2.45) is 0 Å². The van der Waals surface area contributed by atoms with Crippen LogP contribution in [0.15, 0.2) is 0 Å². The highest BCUT2D eigenvalue weighted by atomic mass is 16.5. The Balaban J connectivity index is 3.28. The van der Waals surface area contributed by atoms with E-state index in [4.69, 9.17) is 4.74 Å². The van der Waals surface area contributed by atoms with E-state index < -0.39 is 0 Å². The molecule has 0 bridgehead atoms. The molecule has 0 aromatic carbocycles. The van der Waals surface area contributed by atoms with Crippen LogP contribution in [0, 0.1) is 0 Å². The van der Waals surface area contributed by atoms with Gasteiger partial charge in [0, 0.05) is 7.11 Å². The van der Waals surface area contributed by atoms with Crippen LogP contribution in [0.5, 0.6) is 0 Å². The second-order valence-corrected chi connectivity index (χ2v) is 5.96. The van der Waals surface area contributed by atoms with E-state index in [0.29, 0.717) is 6.42 Å². The molecule has 0 N–H and O–H groups in total. The molecular weight excluding hydrogens is 264 g/mol. The molecule has 0 spiro atoms. The quantitative estimate of drug-likeness (QED) is 0.305. The first-order valence-electron chi connectivity index (χ1n) is 8.84. The van der Waals surface area contributed by atoms with Crippen LogP contribution in [0.4, 0.5) is 0 Å². The van der Waals surface area contributed by atoms with Crippen LogP contribution in [-0.2, 0) is 14.3 Å². The number of methoxy groups -OCH3 is 2. The standard InChI is InChI=1S/C18H36O3/c1-4-5-6-7-8-9-10-11-12-13-14-15-17(20-2)16-18(19)21-3/h17H,4-16H2,1-3H3. The second-order valence-electron chi connectivity index (χ2n) is 5.96. The molecule has 0 saturated heterocycles. The Hall–Kier alpha value is -0.570. The molecule has 0 fully saturated rings. The van der Waals surface area contributed by atoms with E-state index in [0.717, 1.165) is 12.8 Å². The van der Waals surface area contributed by atoms with Gasteiger partial charge in [-0.25, -0.2) is 0 Å². The Morgan fingerprint density at radius 1 is 0.810 bits per heavy atom. The van der Waals surface area contributed by atoms with Gasteiger partial charge >= 0.3 is 5.97 Å². The number of hydrogen-bond acceptors (Lipinski definition) is 3. The molecule has 0 aliphatic rings. The van der Waals surface area contributed by atoms with E-state index in [-0.39, 0.29) is 12.1 Å². The summed E-state index contributed by atoms with van der Waals surface area (Å²) < 4.78 is 9.98. The van der Waals surface area contributed by atoms with Crippen molar-refractivity contribution in [1.82, 2.24) is 0 Å². The Bertz CT molecular complexity index is 229. The van der Waals surface area contributed by atoms with E-state index in [1.165, 1.54) is 71.3 Å². The predicted octanol–water partition coefficient (Wildman–Crippen LogP) is 5.27. The molecule has 0 aromatic rings. The zero-order chi connectivity index (χ0) is 15.8. The van der Waals surface area contributed by atoms with Crippen LogP contribution in [0.25, 0.3) is 0 Å². The number of carbonyl (C=O) groups excluding carboxylic acids is 1. The number of esters is 1. The molecule has 0 aliphatic heterocycles. The van der Waals surface area contributed by atoms with Gasteiger partial charge in [-0.1, -0.05) is 77.6 Å². The minimum Gasteiger partial charge on any atom is -0.469 e. The van der Waals surface area contributed by atoms with Gasteiger partial charge in [-0.15, -0.1) is 0 Å². The first-order chi connectivity index (χ1) is 10.2. The lowest BCUT2D eigenvalue weighted by atomic mass is 10.0. The summed E-state index contributed by atoms with van der Waals surface area (Å²) in [5.74, 6) is -0.176. The Kier molecular flexibility index (Phi) is 15.4. The summed E-state index contributed by atoms with van der Waals surface area (Å²) in [5, 5.41) is 0. The molecule has 0 saturated carbocycles. The maximum atomic E-state index is 11.2. The fraction of sp³-hybridized carbons (Fsp3) is 0.944. The third-order valence-electron chi connectivity index (χ3n) is 4.08. The summed E-state index contributed by atoms with van der Waals surface area (Å²) in [6.45, 7) is 2.26. The number of unbranched alkanes of at least 4 members (excludes halogenated alkanes) is 10. The van der Waals surface area contributed by atoms with Crippen molar-refractivity contribution in [3.05, 3.63) is 0 Å². The van der Waals surface area contributed by atoms with Crippen LogP contribution in [-0.4, -0.2) is 26.3 Å². The van der Waals surface area contributed by atoms with Crippen molar-refractivity contribution in [3.63, 3.8) is 0 Å². The molecule has 3 nitrogen and oxygen atoms in total. The van der Waals surface area contributed by atoms with Crippen molar-refractivity contribution in [2.75, 3.05) is 14.2 Å². The molecule has 126 valence electrons. The zero-order valence-corrected chi connectivity index (χ0v) is 14.5. The van der Waals surface area contributed by atoms with Gasteiger partial charge in [0.1, 0.15) is 0 Å². The van der Waals surface area contributed by atoms with Gasteiger partial charge in [0.25, 0.3) is 0 Å². The average molecular weight is 300 g/mol. The minimum atomic E-state index is -0.176. The molecular formula is C18H36O3. The molecule has 0 rings (SSSR count). The second kappa shape index (κ2) is 15.8. The third kappa shape index (κ3) is 14.1. The van der Waals surface area contributed by atoms with E-state index in [2.05, 4.69) is 11.7 Å². The van der Waals surface area contributed by atoms with E-state index in [1.807, 2.05) is 0 Å². The van der Waals surface area contributed by atoms with Crippen molar-refractivity contribution < 1.29 is 14.3 Å². The smallest absolute Gasteiger partial charge is 0.308 e. The molecule has 1 unspecified atom stereocenters. The van der Waals surface area contributed by atoms with Gasteiger partial charge in [0.2, 0.25) is 0 Å². The van der Waals surface area contributed by atoms with Gasteiger partial charge in [0.15, 0.2) is 0 Å². The first-order valence-corrected chi connectivity index (χ1v) is 8.84. The topological polar surface area (TPSA) is 35.5 Å².